The van der Waals surface area contributed by atoms with Crippen molar-refractivity contribution in [1.82, 2.24) is 4.57 Å². The van der Waals surface area contributed by atoms with Crippen LogP contribution in [-0.4, -0.2) is 9.49 Å². The third kappa shape index (κ3) is 3.82. The van der Waals surface area contributed by atoms with Gasteiger partial charge in [0.15, 0.2) is 0 Å². The van der Waals surface area contributed by atoms with Crippen molar-refractivity contribution in [2.45, 2.75) is 6.54 Å². The Balaban J connectivity index is 1.81. The van der Waals surface area contributed by atoms with Gasteiger partial charge in [-0.2, -0.15) is 5.26 Å². The largest absolute Gasteiger partial charge is 0.342 e. The standard InChI is InChI=1S/C24H16ClN3O2/c25-23-10-3-1-6-18(23)15-27-16-20(22-9-2-4-11-24(22)27)12-19(14-26)17-7-5-8-21(13-17)28(29)30/h1-13,16H,15H2. The van der Waals surface area contributed by atoms with Crippen LogP contribution in [0.1, 0.15) is 16.7 Å². The number of hydrogen-bond acceptors (Lipinski definition) is 3. The molecule has 0 fully saturated rings. The SMILES string of the molecule is N#CC(=Cc1cn(Cc2ccccc2Cl)c2ccccc12)c1cccc([N+](=O)[O-])c1. The molecule has 0 unspecified atom stereocenters. The molecule has 0 spiro atoms. The first-order valence-electron chi connectivity index (χ1n) is 9.25. The van der Waals surface area contributed by atoms with Crippen molar-refractivity contribution in [3.05, 3.63) is 111 Å². The molecule has 0 atom stereocenters. The average molecular weight is 414 g/mol. The molecule has 0 N–H and O–H groups in total. The molecule has 0 saturated heterocycles. The molecule has 4 aromatic rings. The number of para-hydroxylation sites is 1. The maximum absolute atomic E-state index is 11.1. The number of rotatable bonds is 5. The molecular weight excluding hydrogens is 398 g/mol. The fourth-order valence-electron chi connectivity index (χ4n) is 3.45. The normalized spacial score (nSPS) is 11.4. The summed E-state index contributed by atoms with van der Waals surface area (Å²) in [5, 5.41) is 22.5. The summed E-state index contributed by atoms with van der Waals surface area (Å²) in [4.78, 5) is 10.6. The number of nitro groups is 1. The maximum atomic E-state index is 11.1. The van der Waals surface area contributed by atoms with Crippen LogP contribution in [0.3, 0.4) is 0 Å². The van der Waals surface area contributed by atoms with Gasteiger partial charge in [0, 0.05) is 46.4 Å². The smallest absolute Gasteiger partial charge is 0.270 e. The predicted molar refractivity (Wildman–Crippen MR) is 119 cm³/mol. The summed E-state index contributed by atoms with van der Waals surface area (Å²) in [6, 6.07) is 23.9. The summed E-state index contributed by atoms with van der Waals surface area (Å²) in [5.74, 6) is 0. The minimum atomic E-state index is -0.464. The number of nitro benzene ring substituents is 1. The number of nitriles is 1. The van der Waals surface area contributed by atoms with Crippen molar-refractivity contribution in [1.29, 1.82) is 5.26 Å². The minimum Gasteiger partial charge on any atom is -0.342 e. The van der Waals surface area contributed by atoms with Crippen LogP contribution in [0.4, 0.5) is 5.69 Å². The quantitative estimate of drug-likeness (QED) is 0.218. The molecular formula is C24H16ClN3O2. The topological polar surface area (TPSA) is 71.9 Å². The molecule has 4 rings (SSSR count). The maximum Gasteiger partial charge on any atom is 0.270 e. The molecule has 0 radical (unpaired) electrons. The molecule has 0 aliphatic rings. The first kappa shape index (κ1) is 19.4. The lowest BCUT2D eigenvalue weighted by molar-refractivity contribution is -0.384. The second-order valence-electron chi connectivity index (χ2n) is 6.80. The van der Waals surface area contributed by atoms with E-state index in [0.717, 1.165) is 22.0 Å². The number of nitrogens with zero attached hydrogens (tertiary/aromatic N) is 3. The number of fused-ring (bicyclic) bond motifs is 1. The van der Waals surface area contributed by atoms with Gasteiger partial charge in [0.25, 0.3) is 5.69 Å². The molecule has 0 bridgehead atoms. The molecule has 3 aromatic carbocycles. The van der Waals surface area contributed by atoms with E-state index < -0.39 is 4.92 Å². The van der Waals surface area contributed by atoms with Crippen LogP contribution in [0.25, 0.3) is 22.6 Å². The average Bonchev–Trinajstić information content (AvgIpc) is 3.11. The highest BCUT2D eigenvalue weighted by molar-refractivity contribution is 6.31. The van der Waals surface area contributed by atoms with Crippen LogP contribution in [0, 0.1) is 21.4 Å². The van der Waals surface area contributed by atoms with E-state index in [1.54, 1.807) is 18.2 Å². The number of non-ortho nitro benzene ring substituents is 1. The summed E-state index contributed by atoms with van der Waals surface area (Å²) in [6.07, 6.45) is 3.74. The van der Waals surface area contributed by atoms with Crippen molar-refractivity contribution in [2.75, 3.05) is 0 Å². The van der Waals surface area contributed by atoms with Crippen molar-refractivity contribution >= 4 is 39.8 Å². The zero-order chi connectivity index (χ0) is 21.1. The highest BCUT2D eigenvalue weighted by Gasteiger charge is 2.12. The van der Waals surface area contributed by atoms with Crippen LogP contribution in [0.2, 0.25) is 5.02 Å². The van der Waals surface area contributed by atoms with Gasteiger partial charge in [-0.1, -0.05) is 60.1 Å². The minimum absolute atomic E-state index is 0.0465. The molecule has 0 saturated carbocycles. The van der Waals surface area contributed by atoms with Gasteiger partial charge in [-0.05, 0) is 29.3 Å². The third-order valence-corrected chi connectivity index (χ3v) is 5.27. The van der Waals surface area contributed by atoms with E-state index in [9.17, 15) is 15.4 Å². The first-order valence-corrected chi connectivity index (χ1v) is 9.62. The third-order valence-electron chi connectivity index (χ3n) is 4.91. The molecule has 6 heteroatoms. The number of aromatic nitrogens is 1. The lowest BCUT2D eigenvalue weighted by Crippen LogP contribution is -1.98. The zero-order valence-electron chi connectivity index (χ0n) is 15.8. The Labute approximate surface area is 178 Å². The van der Waals surface area contributed by atoms with Crippen LogP contribution in [-0.2, 0) is 6.54 Å². The van der Waals surface area contributed by atoms with Gasteiger partial charge < -0.3 is 4.57 Å². The zero-order valence-corrected chi connectivity index (χ0v) is 16.6. The summed E-state index contributed by atoms with van der Waals surface area (Å²) >= 11 is 6.34. The summed E-state index contributed by atoms with van der Waals surface area (Å²) in [6.45, 7) is 0.590. The fourth-order valence-corrected chi connectivity index (χ4v) is 3.65. The Morgan fingerprint density at radius 2 is 1.87 bits per heavy atom. The summed E-state index contributed by atoms with van der Waals surface area (Å²) in [7, 11) is 0. The van der Waals surface area contributed by atoms with Gasteiger partial charge in [0.05, 0.1) is 16.6 Å². The molecule has 0 aliphatic carbocycles. The Morgan fingerprint density at radius 1 is 1.10 bits per heavy atom. The van der Waals surface area contributed by atoms with Crippen LogP contribution >= 0.6 is 11.6 Å². The highest BCUT2D eigenvalue weighted by Crippen LogP contribution is 2.28. The second kappa shape index (κ2) is 8.24. The molecule has 146 valence electrons. The van der Waals surface area contributed by atoms with E-state index in [0.29, 0.717) is 22.7 Å². The molecule has 0 aliphatic heterocycles. The second-order valence-corrected chi connectivity index (χ2v) is 7.21. The lowest BCUT2D eigenvalue weighted by Gasteiger charge is -2.07. The van der Waals surface area contributed by atoms with Crippen LogP contribution in [0.5, 0.6) is 0 Å². The van der Waals surface area contributed by atoms with E-state index in [2.05, 4.69) is 10.6 Å². The summed E-state index contributed by atoms with van der Waals surface area (Å²) in [5.41, 5.74) is 3.69. The molecule has 30 heavy (non-hydrogen) atoms. The number of allylic oxidation sites excluding steroid dienone is 1. The fraction of sp³-hybridized carbons (Fsp3) is 0.0417. The lowest BCUT2D eigenvalue weighted by atomic mass is 10.0. The Kier molecular flexibility index (Phi) is 5.34. The van der Waals surface area contributed by atoms with E-state index in [1.165, 1.54) is 12.1 Å². The van der Waals surface area contributed by atoms with Gasteiger partial charge in [-0.25, -0.2) is 0 Å². The monoisotopic (exact) mass is 413 g/mol. The molecule has 5 nitrogen and oxygen atoms in total. The van der Waals surface area contributed by atoms with E-state index in [1.807, 2.05) is 54.7 Å². The van der Waals surface area contributed by atoms with Crippen molar-refractivity contribution in [3.63, 3.8) is 0 Å². The molecule has 0 amide bonds. The molecule has 1 aromatic heterocycles. The number of halogens is 1. The van der Waals surface area contributed by atoms with Crippen molar-refractivity contribution in [3.8, 4) is 6.07 Å². The summed E-state index contributed by atoms with van der Waals surface area (Å²) < 4.78 is 2.09. The van der Waals surface area contributed by atoms with E-state index in [4.69, 9.17) is 11.6 Å². The van der Waals surface area contributed by atoms with Crippen LogP contribution in [0.15, 0.2) is 79.0 Å². The van der Waals surface area contributed by atoms with Gasteiger partial charge in [0.1, 0.15) is 0 Å². The van der Waals surface area contributed by atoms with Crippen molar-refractivity contribution < 1.29 is 4.92 Å². The van der Waals surface area contributed by atoms with Crippen molar-refractivity contribution in [2.24, 2.45) is 0 Å². The number of hydrogen-bond donors (Lipinski definition) is 0. The van der Waals surface area contributed by atoms with Crippen LogP contribution < -0.4 is 0 Å². The molecule has 1 heterocycles. The Hall–Kier alpha value is -3.88. The van der Waals surface area contributed by atoms with Gasteiger partial charge in [-0.15, -0.1) is 0 Å². The Bertz CT molecular complexity index is 1330. The predicted octanol–water partition coefficient (Wildman–Crippen LogP) is 6.32. The van der Waals surface area contributed by atoms with E-state index >= 15 is 0 Å². The van der Waals surface area contributed by atoms with Gasteiger partial charge >= 0.3 is 0 Å². The Morgan fingerprint density at radius 3 is 2.63 bits per heavy atom. The first-order chi connectivity index (χ1) is 14.6. The van der Waals surface area contributed by atoms with Gasteiger partial charge in [0.2, 0.25) is 0 Å². The highest BCUT2D eigenvalue weighted by atomic mass is 35.5. The van der Waals surface area contributed by atoms with Gasteiger partial charge in [-0.3, -0.25) is 10.1 Å². The van der Waals surface area contributed by atoms with E-state index in [-0.39, 0.29) is 5.69 Å². The number of benzene rings is 3.